The van der Waals surface area contributed by atoms with E-state index in [1.807, 2.05) is 35.4 Å². The van der Waals surface area contributed by atoms with E-state index in [0.29, 0.717) is 0 Å². The summed E-state index contributed by atoms with van der Waals surface area (Å²) in [6.07, 6.45) is 5.09. The largest absolute Gasteiger partial charge is 0.493 e. The van der Waals surface area contributed by atoms with E-state index < -0.39 is 0 Å². The van der Waals surface area contributed by atoms with Crippen molar-refractivity contribution in [3.05, 3.63) is 58.6 Å². The summed E-state index contributed by atoms with van der Waals surface area (Å²) in [6.45, 7) is 4.50. The van der Waals surface area contributed by atoms with Crippen LogP contribution in [0, 0.1) is 5.41 Å². The Morgan fingerprint density at radius 1 is 1.15 bits per heavy atom. The van der Waals surface area contributed by atoms with Gasteiger partial charge in [-0.15, -0.1) is 0 Å². The van der Waals surface area contributed by atoms with Gasteiger partial charge in [-0.3, -0.25) is 4.84 Å². The fraction of sp³-hybridized carbons (Fsp3) is 0.364. The molecule has 4 rings (SSSR count). The molecule has 1 saturated heterocycles. The molecule has 0 saturated carbocycles. The molecule has 0 radical (unpaired) electrons. The van der Waals surface area contributed by atoms with Crippen LogP contribution in [0.5, 0.6) is 11.5 Å². The summed E-state index contributed by atoms with van der Waals surface area (Å²) in [5, 5.41) is 2.86. The molecule has 0 aromatic heterocycles. The van der Waals surface area contributed by atoms with Crippen molar-refractivity contribution < 1.29 is 14.3 Å². The van der Waals surface area contributed by atoms with Crippen molar-refractivity contribution in [3.8, 4) is 11.5 Å². The van der Waals surface area contributed by atoms with Crippen molar-refractivity contribution in [2.75, 3.05) is 19.3 Å². The van der Waals surface area contributed by atoms with Crippen molar-refractivity contribution in [3.63, 3.8) is 0 Å². The Hall–Kier alpha value is -2.17. The van der Waals surface area contributed by atoms with Crippen LogP contribution in [0.3, 0.4) is 0 Å². The standard InChI is InChI=1S/C22H24ClNO3/c1-22(2)20-13-15-16(23)6-5-7-17(15)24(20)27-21(22)11-9-14-8-10-18(25-3)19(12-14)26-4/h5-12,20-21H,13H2,1-4H3. The van der Waals surface area contributed by atoms with Crippen molar-refractivity contribution in [1.29, 1.82) is 0 Å². The summed E-state index contributed by atoms with van der Waals surface area (Å²) in [7, 11) is 3.28. The van der Waals surface area contributed by atoms with Gasteiger partial charge in [-0.2, -0.15) is 0 Å². The lowest BCUT2D eigenvalue weighted by atomic mass is 9.78. The average Bonchev–Trinajstić information content (AvgIpc) is 3.16. The third-order valence-electron chi connectivity index (χ3n) is 5.70. The number of hydroxylamine groups is 1. The third-order valence-corrected chi connectivity index (χ3v) is 6.06. The zero-order chi connectivity index (χ0) is 19.2. The lowest BCUT2D eigenvalue weighted by Crippen LogP contribution is -2.36. The molecule has 0 bridgehead atoms. The fourth-order valence-electron chi connectivity index (χ4n) is 3.98. The number of methoxy groups -OCH3 is 2. The van der Waals surface area contributed by atoms with Gasteiger partial charge in [0.05, 0.1) is 25.9 Å². The van der Waals surface area contributed by atoms with Crippen molar-refractivity contribution >= 4 is 23.4 Å². The zero-order valence-electron chi connectivity index (χ0n) is 16.0. The van der Waals surface area contributed by atoms with Gasteiger partial charge in [-0.1, -0.05) is 49.7 Å². The van der Waals surface area contributed by atoms with Crippen LogP contribution in [0.2, 0.25) is 5.02 Å². The van der Waals surface area contributed by atoms with Gasteiger partial charge in [0.2, 0.25) is 0 Å². The summed E-state index contributed by atoms with van der Waals surface area (Å²) in [6, 6.07) is 12.2. The Kier molecular flexibility index (Phi) is 4.57. The summed E-state index contributed by atoms with van der Waals surface area (Å²) >= 11 is 6.39. The Morgan fingerprint density at radius 3 is 2.67 bits per heavy atom. The maximum Gasteiger partial charge on any atom is 0.161 e. The van der Waals surface area contributed by atoms with Crippen LogP contribution in [-0.4, -0.2) is 26.4 Å². The van der Waals surface area contributed by atoms with E-state index in [1.165, 1.54) is 5.56 Å². The summed E-state index contributed by atoms with van der Waals surface area (Å²) in [5.41, 5.74) is 3.26. The smallest absolute Gasteiger partial charge is 0.161 e. The maximum atomic E-state index is 6.39. The Bertz CT molecular complexity index is 893. The second kappa shape index (κ2) is 6.77. The molecule has 27 heavy (non-hydrogen) atoms. The molecule has 2 aromatic carbocycles. The monoisotopic (exact) mass is 385 g/mol. The van der Waals surface area contributed by atoms with Crippen LogP contribution in [0.1, 0.15) is 25.0 Å². The first-order valence-electron chi connectivity index (χ1n) is 9.09. The summed E-state index contributed by atoms with van der Waals surface area (Å²) in [4.78, 5) is 6.34. The highest BCUT2D eigenvalue weighted by molar-refractivity contribution is 6.31. The summed E-state index contributed by atoms with van der Waals surface area (Å²) < 4.78 is 10.7. The molecule has 1 fully saturated rings. The predicted molar refractivity (Wildman–Crippen MR) is 109 cm³/mol. The van der Waals surface area contributed by atoms with E-state index in [2.05, 4.69) is 32.1 Å². The molecule has 2 aliphatic heterocycles. The molecule has 0 N–H and O–H groups in total. The van der Waals surface area contributed by atoms with Gasteiger partial charge in [0, 0.05) is 10.4 Å². The van der Waals surface area contributed by atoms with Gasteiger partial charge in [0.15, 0.2) is 11.5 Å². The first kappa shape index (κ1) is 18.2. The number of nitrogens with zero attached hydrogens (tertiary/aromatic N) is 1. The molecule has 2 heterocycles. The molecule has 4 nitrogen and oxygen atoms in total. The summed E-state index contributed by atoms with van der Waals surface area (Å²) in [5.74, 6) is 1.44. The molecule has 2 atom stereocenters. The lowest BCUT2D eigenvalue weighted by Gasteiger charge is -2.26. The van der Waals surface area contributed by atoms with Crippen molar-refractivity contribution in [1.82, 2.24) is 0 Å². The lowest BCUT2D eigenvalue weighted by molar-refractivity contribution is 0.0849. The molecule has 5 heteroatoms. The van der Waals surface area contributed by atoms with Crippen molar-refractivity contribution in [2.45, 2.75) is 32.4 Å². The van der Waals surface area contributed by atoms with Crippen LogP contribution in [-0.2, 0) is 11.3 Å². The highest BCUT2D eigenvalue weighted by Gasteiger charge is 2.52. The van der Waals surface area contributed by atoms with E-state index in [9.17, 15) is 0 Å². The van der Waals surface area contributed by atoms with E-state index >= 15 is 0 Å². The quantitative estimate of drug-likeness (QED) is 0.729. The minimum Gasteiger partial charge on any atom is -0.493 e. The highest BCUT2D eigenvalue weighted by atomic mass is 35.5. The number of benzene rings is 2. The van der Waals surface area contributed by atoms with Crippen LogP contribution in [0.4, 0.5) is 5.69 Å². The Morgan fingerprint density at radius 2 is 1.93 bits per heavy atom. The van der Waals surface area contributed by atoms with Gasteiger partial charge >= 0.3 is 0 Å². The van der Waals surface area contributed by atoms with Gasteiger partial charge < -0.3 is 9.47 Å². The molecule has 2 aromatic rings. The van der Waals surface area contributed by atoms with Gasteiger partial charge in [-0.25, -0.2) is 5.06 Å². The molecule has 2 aliphatic rings. The number of rotatable bonds is 4. The zero-order valence-corrected chi connectivity index (χ0v) is 16.8. The van der Waals surface area contributed by atoms with E-state index in [1.54, 1.807) is 14.2 Å². The second-order valence-corrected chi connectivity index (χ2v) is 8.01. The van der Waals surface area contributed by atoms with Crippen LogP contribution >= 0.6 is 11.6 Å². The first-order valence-corrected chi connectivity index (χ1v) is 9.47. The minimum atomic E-state index is -0.0462. The van der Waals surface area contributed by atoms with Gasteiger partial charge in [0.1, 0.15) is 6.10 Å². The average molecular weight is 386 g/mol. The first-order chi connectivity index (χ1) is 13.0. The van der Waals surface area contributed by atoms with Crippen molar-refractivity contribution in [2.24, 2.45) is 5.41 Å². The number of hydrogen-bond acceptors (Lipinski definition) is 4. The Balaban J connectivity index is 1.58. The number of halogens is 1. The second-order valence-electron chi connectivity index (χ2n) is 7.60. The molecule has 0 aliphatic carbocycles. The van der Waals surface area contributed by atoms with Crippen LogP contribution in [0.15, 0.2) is 42.5 Å². The molecular formula is C22H24ClNO3. The highest BCUT2D eigenvalue weighted by Crippen LogP contribution is 2.50. The number of hydrogen-bond donors (Lipinski definition) is 0. The number of anilines is 1. The van der Waals surface area contributed by atoms with E-state index in [4.69, 9.17) is 25.9 Å². The fourth-order valence-corrected chi connectivity index (χ4v) is 4.23. The third kappa shape index (κ3) is 2.97. The molecule has 2 unspecified atom stereocenters. The van der Waals surface area contributed by atoms with Gasteiger partial charge in [-0.05, 0) is 41.8 Å². The SMILES string of the molecule is COc1ccc(C=CC2ON3c4cccc(Cl)c4CC3C2(C)C)cc1OC. The molecule has 0 amide bonds. The predicted octanol–water partition coefficient (Wildman–Crippen LogP) is 5.14. The Labute approximate surface area is 165 Å². The number of ether oxygens (including phenoxy) is 2. The minimum absolute atomic E-state index is 0.0253. The maximum absolute atomic E-state index is 6.39. The molecular weight excluding hydrogens is 362 g/mol. The van der Waals surface area contributed by atoms with Gasteiger partial charge in [0.25, 0.3) is 0 Å². The van der Waals surface area contributed by atoms with Crippen LogP contribution in [0.25, 0.3) is 6.08 Å². The number of fused-ring (bicyclic) bond motifs is 3. The van der Waals surface area contributed by atoms with Crippen LogP contribution < -0.4 is 14.5 Å². The normalized spacial score (nSPS) is 22.8. The van der Waals surface area contributed by atoms with E-state index in [-0.39, 0.29) is 17.6 Å². The molecule has 142 valence electrons. The topological polar surface area (TPSA) is 30.9 Å². The van der Waals surface area contributed by atoms with E-state index in [0.717, 1.165) is 34.2 Å². The molecule has 0 spiro atoms.